The van der Waals surface area contributed by atoms with Crippen LogP contribution in [0.2, 0.25) is 0 Å². The van der Waals surface area contributed by atoms with Gasteiger partial charge in [-0.3, -0.25) is 24.2 Å². The normalized spacial score (nSPS) is 39.4. The van der Waals surface area contributed by atoms with Crippen LogP contribution in [0.5, 0.6) is 0 Å². The predicted molar refractivity (Wildman–Crippen MR) is 293 cm³/mol. The first kappa shape index (κ1) is 65.5. The zero-order valence-electron chi connectivity index (χ0n) is 50.1. The van der Waals surface area contributed by atoms with Crippen LogP contribution in [0.25, 0.3) is 0 Å². The van der Waals surface area contributed by atoms with Crippen LogP contribution in [0.1, 0.15) is 135 Å². The third kappa shape index (κ3) is 14.6. The van der Waals surface area contributed by atoms with E-state index < -0.39 is 149 Å². The molecule has 0 radical (unpaired) electrons. The molecule has 0 spiro atoms. The fourth-order valence-electron chi connectivity index (χ4n) is 12.9. The number of hydrogen-bond acceptors (Lipinski definition) is 19. The predicted octanol–water partition coefficient (Wildman–Crippen LogP) is 4.61. The van der Waals surface area contributed by atoms with Crippen molar-refractivity contribution in [3.8, 4) is 0 Å². The molecule has 5 aliphatic rings. The number of carbonyl (C=O) groups is 4. The van der Waals surface area contributed by atoms with Gasteiger partial charge in [-0.2, -0.15) is 0 Å². The van der Waals surface area contributed by atoms with Crippen LogP contribution in [0.15, 0.2) is 18.2 Å². The van der Waals surface area contributed by atoms with Crippen LogP contribution in [0, 0.1) is 29.5 Å². The highest BCUT2D eigenvalue weighted by Gasteiger charge is 2.54. The average molecular weight is 1140 g/mol. The molecule has 5 saturated heterocycles. The molecule has 0 unspecified atom stereocenters. The van der Waals surface area contributed by atoms with Crippen LogP contribution < -0.4 is 15.1 Å². The van der Waals surface area contributed by atoms with Gasteiger partial charge in [0.25, 0.3) is 0 Å². The second-order valence-corrected chi connectivity index (χ2v) is 25.6. The number of nitrogens with one attached hydrogen (secondary N) is 1. The molecule has 1 aromatic carbocycles. The van der Waals surface area contributed by atoms with Crippen molar-refractivity contribution in [2.45, 2.75) is 237 Å². The molecule has 2 amide bonds. The van der Waals surface area contributed by atoms with Gasteiger partial charge in [-0.25, -0.2) is 9.18 Å². The quantitative estimate of drug-likeness (QED) is 0.131. The number of aliphatic hydroxyl groups is 5. The van der Waals surface area contributed by atoms with Crippen LogP contribution in [-0.4, -0.2) is 203 Å². The second-order valence-electron chi connectivity index (χ2n) is 25.6. The Balaban J connectivity index is 1.21. The third-order valence-electron chi connectivity index (χ3n) is 17.9. The Labute approximate surface area is 472 Å². The number of carbonyl (C=O) groups excluding carboxylic acids is 4. The number of likely N-dealkylation sites (N-methyl/N-ethyl adjacent to an activating group) is 1. The van der Waals surface area contributed by atoms with Crippen LogP contribution >= 0.6 is 0 Å². The molecule has 21 nitrogen and oxygen atoms in total. The minimum atomic E-state index is -2.07. The van der Waals surface area contributed by atoms with Crippen molar-refractivity contribution >= 4 is 35.1 Å². The Morgan fingerprint density at radius 2 is 1.56 bits per heavy atom. The van der Waals surface area contributed by atoms with Crippen LogP contribution in [-0.2, 0) is 52.3 Å². The van der Waals surface area contributed by atoms with Gasteiger partial charge in [0.05, 0.1) is 78.8 Å². The molecule has 1 aromatic rings. The van der Waals surface area contributed by atoms with E-state index in [0.717, 1.165) is 0 Å². The first-order valence-electron chi connectivity index (χ1n) is 28.6. The maximum absolute atomic E-state index is 15.4. The summed E-state index contributed by atoms with van der Waals surface area (Å²) in [5.74, 6) is -6.31. The second kappa shape index (κ2) is 25.7. The van der Waals surface area contributed by atoms with Crippen molar-refractivity contribution in [1.82, 2.24) is 10.2 Å². The van der Waals surface area contributed by atoms with Crippen molar-refractivity contribution in [2.75, 3.05) is 56.8 Å². The lowest BCUT2D eigenvalue weighted by Crippen LogP contribution is -2.63. The Morgan fingerprint density at radius 3 is 2.17 bits per heavy atom. The van der Waals surface area contributed by atoms with Gasteiger partial charge in [0, 0.05) is 74.3 Å². The number of esters is 1. The van der Waals surface area contributed by atoms with Crippen molar-refractivity contribution in [3.05, 3.63) is 24.0 Å². The van der Waals surface area contributed by atoms with E-state index in [1.165, 1.54) is 38.8 Å². The molecule has 5 heterocycles. The molecule has 0 saturated carbocycles. The van der Waals surface area contributed by atoms with Gasteiger partial charge >= 0.3 is 12.1 Å². The number of halogens is 1. The van der Waals surface area contributed by atoms with Crippen molar-refractivity contribution in [2.24, 2.45) is 23.7 Å². The molecule has 6 N–H and O–H groups in total. The van der Waals surface area contributed by atoms with Crippen LogP contribution in [0.3, 0.4) is 0 Å². The molecule has 0 aromatic heterocycles. The molecule has 22 heteroatoms. The lowest BCUT2D eigenvalue weighted by Gasteiger charge is -2.50. The highest BCUT2D eigenvalue weighted by molar-refractivity contribution is 5.90. The van der Waals surface area contributed by atoms with Gasteiger partial charge in [-0.1, -0.05) is 27.7 Å². The van der Waals surface area contributed by atoms with Gasteiger partial charge in [0.1, 0.15) is 41.6 Å². The number of methoxy groups -OCH3 is 1. The first-order chi connectivity index (χ1) is 37.1. The molecule has 456 valence electrons. The SMILES string of the molecule is CC[C@H]1OC(=O)[C@H](C)[C@@H](O[C@H]2C[C@@](C)(OC)[C@@H](O)[C@H](C)O2)[C@H](C)[C@@H](O[C@@H]2O[C@H](C)C[C@H](N(C)C(C)(C)CC(=O)NC(C)(C)C[C@H]3CN(c4ccc(N5CCOCC5)c(F)c4)C(=O)O3)[C@H]2O)[C@](C)(O)C[C@@H](C)C(=O)[C@H](C)[C@@H](O)[C@]1(C)O. The molecular formula is C58H95FN4O17. The van der Waals surface area contributed by atoms with E-state index in [9.17, 15) is 44.7 Å². The molecule has 5 aliphatic heterocycles. The lowest BCUT2D eigenvalue weighted by atomic mass is 9.74. The number of cyclic esters (lactones) is 2. The fourth-order valence-corrected chi connectivity index (χ4v) is 12.9. The highest BCUT2D eigenvalue weighted by Crippen LogP contribution is 2.42. The van der Waals surface area contributed by atoms with E-state index in [2.05, 4.69) is 5.32 Å². The monoisotopic (exact) mass is 1140 g/mol. The minimum Gasteiger partial charge on any atom is -0.459 e. The summed E-state index contributed by atoms with van der Waals surface area (Å²) in [5, 5.41) is 62.9. The summed E-state index contributed by atoms with van der Waals surface area (Å²) >= 11 is 0. The van der Waals surface area contributed by atoms with Crippen molar-refractivity contribution in [1.29, 1.82) is 0 Å². The van der Waals surface area contributed by atoms with Gasteiger partial charge < -0.3 is 73.6 Å². The summed E-state index contributed by atoms with van der Waals surface area (Å²) in [6.07, 6.45) is -12.6. The Hall–Kier alpha value is -3.65. The number of Topliss-reactive ketones (excluding diaryl/α,β-unsaturated/α-hetero) is 1. The van der Waals surface area contributed by atoms with E-state index in [0.29, 0.717) is 44.1 Å². The summed E-state index contributed by atoms with van der Waals surface area (Å²) in [7, 11) is 3.25. The standard InChI is InChI=1S/C58H95FN4O17/c1-17-42-58(14,72)48(67)33(4)45(65)31(2)26-56(12,71)50(34(5)47(35(6)51(69)78-42)79-44-29-57(13,73-16)49(68)36(7)76-44)80-52-46(66)41(24-32(3)75-52)61(15)55(10,11)28-43(64)60-54(8,9)27-38-30-63(53(70)77-38)37-18-19-40(39(59)25-37)62-20-22-74-23-21-62/h18-19,25,31-36,38,41-42,44,46-50,52,66-68,71-72H,17,20-24,26-30H2,1-16H3,(H,60,64)/t31-,32-,33+,34+,35-,36+,38+,41+,42-,44+,46-,47+,48-,49+,50-,52+,56-,57-,58-/m1/s1. The van der Waals surface area contributed by atoms with Gasteiger partial charge in [-0.05, 0) is 114 Å². The summed E-state index contributed by atoms with van der Waals surface area (Å²) in [6.45, 7) is 25.7. The van der Waals surface area contributed by atoms with Gasteiger partial charge in [-0.15, -0.1) is 0 Å². The highest BCUT2D eigenvalue weighted by atomic mass is 19.1. The maximum Gasteiger partial charge on any atom is 0.414 e. The summed E-state index contributed by atoms with van der Waals surface area (Å²) in [5.41, 5.74) is -6.11. The summed E-state index contributed by atoms with van der Waals surface area (Å²) < 4.78 is 64.5. The van der Waals surface area contributed by atoms with Crippen molar-refractivity contribution < 1.29 is 87.0 Å². The van der Waals surface area contributed by atoms with E-state index in [1.807, 2.05) is 44.4 Å². The van der Waals surface area contributed by atoms with E-state index in [4.69, 9.17) is 37.9 Å². The number of benzene rings is 1. The Kier molecular flexibility index (Phi) is 21.0. The molecule has 6 rings (SSSR count). The lowest BCUT2D eigenvalue weighted by molar-refractivity contribution is -0.319. The van der Waals surface area contributed by atoms with Crippen molar-refractivity contribution in [3.63, 3.8) is 0 Å². The summed E-state index contributed by atoms with van der Waals surface area (Å²) in [6, 6.07) is 3.99. The van der Waals surface area contributed by atoms with E-state index in [1.54, 1.807) is 60.7 Å². The molecular weight excluding hydrogens is 1040 g/mol. The smallest absolute Gasteiger partial charge is 0.414 e. The minimum absolute atomic E-state index is 0.0228. The molecule has 80 heavy (non-hydrogen) atoms. The summed E-state index contributed by atoms with van der Waals surface area (Å²) in [4.78, 5) is 61.0. The van der Waals surface area contributed by atoms with E-state index >= 15 is 4.39 Å². The van der Waals surface area contributed by atoms with E-state index in [-0.39, 0.29) is 44.6 Å². The average Bonchev–Trinajstić information content (AvgIpc) is 3.74. The fraction of sp³-hybridized carbons (Fsp3) is 0.828. The largest absolute Gasteiger partial charge is 0.459 e. The molecule has 5 fully saturated rings. The Bertz CT molecular complexity index is 2300. The first-order valence-corrected chi connectivity index (χ1v) is 28.6. The number of aliphatic hydroxyl groups excluding tert-OH is 3. The van der Waals surface area contributed by atoms with Gasteiger partial charge in [0.2, 0.25) is 5.91 Å². The Morgan fingerprint density at radius 1 is 0.912 bits per heavy atom. The third-order valence-corrected chi connectivity index (χ3v) is 17.9. The number of ether oxygens (including phenoxy) is 8. The molecule has 0 bridgehead atoms. The maximum atomic E-state index is 15.4. The number of morpholine rings is 1. The number of ketones is 1. The number of nitrogens with zero attached hydrogens (tertiary/aromatic N) is 3. The number of rotatable bonds is 15. The zero-order valence-corrected chi connectivity index (χ0v) is 50.1. The van der Waals surface area contributed by atoms with Gasteiger partial charge in [0.15, 0.2) is 12.6 Å². The van der Waals surface area contributed by atoms with Crippen LogP contribution in [0.4, 0.5) is 20.6 Å². The number of amides is 2. The topological polar surface area (TPSA) is 265 Å². The molecule has 19 atom stereocenters. The number of hydrogen-bond donors (Lipinski definition) is 6. The molecule has 0 aliphatic carbocycles. The number of anilines is 2. The zero-order chi connectivity index (χ0) is 59.8.